The van der Waals surface area contributed by atoms with Gasteiger partial charge in [-0.15, -0.1) is 0 Å². The van der Waals surface area contributed by atoms with Crippen LogP contribution in [0.4, 0.5) is 17.5 Å². The summed E-state index contributed by atoms with van der Waals surface area (Å²) in [4.78, 5) is 11.1. The summed E-state index contributed by atoms with van der Waals surface area (Å²) in [6.45, 7) is 4.77. The van der Waals surface area contributed by atoms with Crippen LogP contribution in [0.15, 0.2) is 24.3 Å². The first kappa shape index (κ1) is 17.3. The van der Waals surface area contributed by atoms with E-state index in [9.17, 15) is 0 Å². The summed E-state index contributed by atoms with van der Waals surface area (Å²) >= 11 is 0. The van der Waals surface area contributed by atoms with Crippen molar-refractivity contribution in [1.29, 1.82) is 0 Å². The molecule has 2 heterocycles. The molecule has 0 saturated carbocycles. The van der Waals surface area contributed by atoms with E-state index in [0.717, 1.165) is 41.8 Å². The van der Waals surface area contributed by atoms with Crippen molar-refractivity contribution < 1.29 is 9.47 Å². The monoisotopic (exact) mass is 343 g/mol. The molecule has 0 spiro atoms. The molecule has 0 aliphatic carbocycles. The van der Waals surface area contributed by atoms with Crippen molar-refractivity contribution in [3.63, 3.8) is 0 Å². The van der Waals surface area contributed by atoms with Crippen LogP contribution in [-0.2, 0) is 0 Å². The number of likely N-dealkylation sites (tertiary alicyclic amines) is 1. The number of rotatable bonds is 7. The Hall–Kier alpha value is -2.54. The molecule has 2 aromatic rings. The quantitative estimate of drug-likeness (QED) is 0.800. The Labute approximate surface area is 148 Å². The molecule has 1 fully saturated rings. The standard InChI is InChI=1S/C18H25N5O2/c1-12-7-17(19-2)22-18(20-12)21-14-5-6-15(24-4)16(8-14)25-11-13-9-23(3)10-13/h5-8,13H,9-11H2,1-4H3,(H2,19,20,21,22). The van der Waals surface area contributed by atoms with Crippen molar-refractivity contribution in [2.45, 2.75) is 6.92 Å². The molecule has 3 rings (SSSR count). The van der Waals surface area contributed by atoms with E-state index >= 15 is 0 Å². The first-order valence-corrected chi connectivity index (χ1v) is 8.37. The molecule has 7 heteroatoms. The number of aromatic nitrogens is 2. The molecule has 0 atom stereocenters. The third-order valence-corrected chi connectivity index (χ3v) is 4.14. The van der Waals surface area contributed by atoms with Gasteiger partial charge in [-0.1, -0.05) is 0 Å². The second-order valence-corrected chi connectivity index (χ2v) is 6.36. The third-order valence-electron chi connectivity index (χ3n) is 4.14. The van der Waals surface area contributed by atoms with Crippen LogP contribution < -0.4 is 20.1 Å². The molecule has 0 bridgehead atoms. The van der Waals surface area contributed by atoms with Gasteiger partial charge in [-0.2, -0.15) is 4.98 Å². The number of hydrogen-bond acceptors (Lipinski definition) is 7. The molecule has 0 radical (unpaired) electrons. The van der Waals surface area contributed by atoms with Gasteiger partial charge in [-0.3, -0.25) is 0 Å². The maximum absolute atomic E-state index is 5.98. The molecular weight excluding hydrogens is 318 g/mol. The lowest BCUT2D eigenvalue weighted by Crippen LogP contribution is -2.46. The lowest BCUT2D eigenvalue weighted by Gasteiger charge is -2.35. The van der Waals surface area contributed by atoms with Crippen molar-refractivity contribution in [2.24, 2.45) is 5.92 Å². The highest BCUT2D eigenvalue weighted by Gasteiger charge is 2.24. The van der Waals surface area contributed by atoms with Crippen LogP contribution in [0.5, 0.6) is 11.5 Å². The molecule has 1 saturated heterocycles. The molecule has 1 aromatic carbocycles. The van der Waals surface area contributed by atoms with Crippen LogP contribution in [0.2, 0.25) is 0 Å². The Morgan fingerprint density at radius 3 is 2.68 bits per heavy atom. The average Bonchev–Trinajstić information content (AvgIpc) is 2.57. The van der Waals surface area contributed by atoms with Gasteiger partial charge in [0.1, 0.15) is 5.82 Å². The summed E-state index contributed by atoms with van der Waals surface area (Å²) in [7, 11) is 5.60. The molecule has 1 aromatic heterocycles. The van der Waals surface area contributed by atoms with Gasteiger partial charge in [0.05, 0.1) is 13.7 Å². The summed E-state index contributed by atoms with van der Waals surface area (Å²) in [5.41, 5.74) is 1.75. The molecule has 1 aliphatic rings. The Morgan fingerprint density at radius 1 is 1.20 bits per heavy atom. The average molecular weight is 343 g/mol. The van der Waals surface area contributed by atoms with E-state index in [1.54, 1.807) is 7.11 Å². The number of anilines is 3. The van der Waals surface area contributed by atoms with Crippen molar-refractivity contribution in [2.75, 3.05) is 51.5 Å². The molecule has 25 heavy (non-hydrogen) atoms. The fourth-order valence-electron chi connectivity index (χ4n) is 2.89. The highest BCUT2D eigenvalue weighted by Crippen LogP contribution is 2.32. The Morgan fingerprint density at radius 2 is 2.00 bits per heavy atom. The second-order valence-electron chi connectivity index (χ2n) is 6.36. The van der Waals surface area contributed by atoms with E-state index in [2.05, 4.69) is 32.5 Å². The van der Waals surface area contributed by atoms with Gasteiger partial charge < -0.3 is 25.0 Å². The minimum absolute atomic E-state index is 0.543. The lowest BCUT2D eigenvalue weighted by atomic mass is 10.0. The fourth-order valence-corrected chi connectivity index (χ4v) is 2.89. The van der Waals surface area contributed by atoms with Crippen molar-refractivity contribution >= 4 is 17.5 Å². The van der Waals surface area contributed by atoms with Crippen molar-refractivity contribution in [3.05, 3.63) is 30.0 Å². The summed E-state index contributed by atoms with van der Waals surface area (Å²) < 4.78 is 11.4. The zero-order chi connectivity index (χ0) is 17.8. The number of ether oxygens (including phenoxy) is 2. The van der Waals surface area contributed by atoms with Gasteiger partial charge in [0, 0.05) is 49.6 Å². The van der Waals surface area contributed by atoms with E-state index in [1.165, 1.54) is 0 Å². The minimum atomic E-state index is 0.543. The van der Waals surface area contributed by atoms with Crippen LogP contribution in [0.25, 0.3) is 0 Å². The smallest absolute Gasteiger partial charge is 0.229 e. The van der Waals surface area contributed by atoms with Crippen LogP contribution in [0.1, 0.15) is 5.69 Å². The predicted molar refractivity (Wildman–Crippen MR) is 99.1 cm³/mol. The summed E-state index contributed by atoms with van der Waals surface area (Å²) in [6, 6.07) is 7.63. The normalized spacial score (nSPS) is 14.7. The Balaban J connectivity index is 1.73. The van der Waals surface area contributed by atoms with Gasteiger partial charge in [-0.05, 0) is 26.1 Å². The van der Waals surface area contributed by atoms with Crippen LogP contribution in [0.3, 0.4) is 0 Å². The summed E-state index contributed by atoms with van der Waals surface area (Å²) in [5, 5.41) is 6.26. The van der Waals surface area contributed by atoms with Crippen molar-refractivity contribution in [1.82, 2.24) is 14.9 Å². The highest BCUT2D eigenvalue weighted by molar-refractivity contribution is 5.60. The van der Waals surface area contributed by atoms with E-state index in [-0.39, 0.29) is 0 Å². The Kier molecular flexibility index (Phi) is 5.23. The number of benzene rings is 1. The third kappa shape index (κ3) is 4.30. The van der Waals surface area contributed by atoms with E-state index in [1.807, 2.05) is 38.2 Å². The van der Waals surface area contributed by atoms with E-state index in [0.29, 0.717) is 18.5 Å². The predicted octanol–water partition coefficient (Wildman–Crippen LogP) is 2.52. The molecule has 0 amide bonds. The highest BCUT2D eigenvalue weighted by atomic mass is 16.5. The SMILES string of the molecule is CNc1cc(C)nc(Nc2ccc(OC)c(OCC3CN(C)C3)c2)n1. The number of hydrogen-bond donors (Lipinski definition) is 2. The van der Waals surface area contributed by atoms with Crippen molar-refractivity contribution in [3.8, 4) is 11.5 Å². The van der Waals surface area contributed by atoms with E-state index < -0.39 is 0 Å². The van der Waals surface area contributed by atoms with Crippen LogP contribution >= 0.6 is 0 Å². The van der Waals surface area contributed by atoms with Crippen LogP contribution in [0, 0.1) is 12.8 Å². The number of nitrogens with one attached hydrogen (secondary N) is 2. The summed E-state index contributed by atoms with van der Waals surface area (Å²) in [6.07, 6.45) is 0. The van der Waals surface area contributed by atoms with E-state index in [4.69, 9.17) is 9.47 Å². The van der Waals surface area contributed by atoms with Gasteiger partial charge in [0.2, 0.25) is 5.95 Å². The zero-order valence-corrected chi connectivity index (χ0v) is 15.2. The van der Waals surface area contributed by atoms with Gasteiger partial charge >= 0.3 is 0 Å². The van der Waals surface area contributed by atoms with Gasteiger partial charge in [-0.25, -0.2) is 4.98 Å². The maximum atomic E-state index is 5.98. The Bertz CT molecular complexity index is 731. The molecule has 7 nitrogen and oxygen atoms in total. The van der Waals surface area contributed by atoms with Gasteiger partial charge in [0.15, 0.2) is 11.5 Å². The lowest BCUT2D eigenvalue weighted by molar-refractivity contribution is 0.0845. The molecule has 1 aliphatic heterocycles. The number of nitrogens with zero attached hydrogens (tertiary/aromatic N) is 3. The molecule has 2 N–H and O–H groups in total. The van der Waals surface area contributed by atoms with Gasteiger partial charge in [0.25, 0.3) is 0 Å². The fraction of sp³-hybridized carbons (Fsp3) is 0.444. The van der Waals surface area contributed by atoms with Crippen LogP contribution in [-0.4, -0.2) is 55.8 Å². The summed E-state index contributed by atoms with van der Waals surface area (Å²) in [5.74, 6) is 3.34. The zero-order valence-electron chi connectivity index (χ0n) is 15.2. The second kappa shape index (κ2) is 7.57. The first-order chi connectivity index (χ1) is 12.1. The topological polar surface area (TPSA) is 71.5 Å². The largest absolute Gasteiger partial charge is 0.493 e. The molecule has 134 valence electrons. The number of methoxy groups -OCH3 is 1. The number of aryl methyl sites for hydroxylation is 1. The first-order valence-electron chi connectivity index (χ1n) is 8.37. The molecule has 0 unspecified atom stereocenters. The minimum Gasteiger partial charge on any atom is -0.493 e. The molecular formula is C18H25N5O2. The maximum Gasteiger partial charge on any atom is 0.229 e.